The highest BCUT2D eigenvalue weighted by molar-refractivity contribution is 6.03. The molecule has 168 valence electrons. The molecule has 0 fully saturated rings. The lowest BCUT2D eigenvalue weighted by atomic mass is 9.87. The molecule has 9 nitrogen and oxygen atoms in total. The van der Waals surface area contributed by atoms with E-state index in [9.17, 15) is 30.0 Å². The summed E-state index contributed by atoms with van der Waals surface area (Å²) in [6.07, 6.45) is 5.57. The number of aliphatic hydroxyl groups excluding tert-OH is 5. The molecule has 29 heavy (non-hydrogen) atoms. The predicted octanol–water partition coefficient (Wildman–Crippen LogP) is 0.874. The number of esters is 1. The second kappa shape index (κ2) is 12.8. The van der Waals surface area contributed by atoms with Gasteiger partial charge < -0.3 is 35.0 Å². The van der Waals surface area contributed by atoms with Crippen molar-refractivity contribution in [3.63, 3.8) is 0 Å². The molecule has 0 aromatic heterocycles. The molecule has 1 aliphatic rings. The molecule has 0 radical (unpaired) electrons. The van der Waals surface area contributed by atoms with Gasteiger partial charge in [0.2, 0.25) is 17.3 Å². The minimum atomic E-state index is -2.60. The molecule has 0 spiro atoms. The van der Waals surface area contributed by atoms with Crippen LogP contribution in [-0.2, 0) is 19.1 Å². The smallest absolute Gasteiger partial charge is 0.378 e. The van der Waals surface area contributed by atoms with Crippen LogP contribution in [0.3, 0.4) is 0 Å². The van der Waals surface area contributed by atoms with Gasteiger partial charge in [-0.25, -0.2) is 4.79 Å². The van der Waals surface area contributed by atoms with E-state index in [0.29, 0.717) is 6.42 Å². The van der Waals surface area contributed by atoms with Crippen molar-refractivity contribution in [2.75, 3.05) is 19.8 Å². The summed E-state index contributed by atoms with van der Waals surface area (Å²) in [6, 6.07) is 0. The van der Waals surface area contributed by atoms with Gasteiger partial charge in [-0.05, 0) is 6.42 Å². The van der Waals surface area contributed by atoms with Gasteiger partial charge in [0.1, 0.15) is 12.2 Å². The lowest BCUT2D eigenvalue weighted by Crippen LogP contribution is -2.58. The van der Waals surface area contributed by atoms with Crippen LogP contribution in [-0.4, -0.2) is 74.9 Å². The summed E-state index contributed by atoms with van der Waals surface area (Å²) in [5.74, 6) is -4.27. The number of unbranched alkanes of at least 4 members (excludes halogenated alkanes) is 8. The molecule has 1 rings (SSSR count). The highest BCUT2D eigenvalue weighted by atomic mass is 16.6. The Morgan fingerprint density at radius 1 is 1.00 bits per heavy atom. The van der Waals surface area contributed by atoms with E-state index >= 15 is 0 Å². The van der Waals surface area contributed by atoms with E-state index in [1.54, 1.807) is 0 Å². The van der Waals surface area contributed by atoms with Crippen molar-refractivity contribution in [1.82, 2.24) is 0 Å². The van der Waals surface area contributed by atoms with Crippen LogP contribution in [0, 0.1) is 0 Å². The van der Waals surface area contributed by atoms with Gasteiger partial charge in [0.25, 0.3) is 5.60 Å². The highest BCUT2D eigenvalue weighted by Crippen LogP contribution is 2.37. The van der Waals surface area contributed by atoms with Crippen LogP contribution in [0.15, 0.2) is 11.5 Å². The van der Waals surface area contributed by atoms with Gasteiger partial charge in [-0.1, -0.05) is 58.3 Å². The Hall–Kier alpha value is -1.68. The fourth-order valence-corrected chi connectivity index (χ4v) is 3.28. The molecule has 0 aromatic carbocycles. The minimum absolute atomic E-state index is 0.0360. The molecule has 5 N–H and O–H groups in total. The third-order valence-corrected chi connectivity index (χ3v) is 4.98. The van der Waals surface area contributed by atoms with E-state index in [-0.39, 0.29) is 6.61 Å². The average molecular weight is 418 g/mol. The molecule has 0 amide bonds. The number of carbonyl (C=O) groups is 2. The van der Waals surface area contributed by atoms with Crippen molar-refractivity contribution < 1.29 is 44.6 Å². The number of aliphatic hydroxyl groups is 5. The van der Waals surface area contributed by atoms with E-state index in [2.05, 4.69) is 6.92 Å². The van der Waals surface area contributed by atoms with Crippen LogP contribution in [0.1, 0.15) is 64.7 Å². The van der Waals surface area contributed by atoms with Gasteiger partial charge in [-0.3, -0.25) is 4.79 Å². The zero-order valence-electron chi connectivity index (χ0n) is 17.0. The van der Waals surface area contributed by atoms with Crippen LogP contribution in [0.2, 0.25) is 0 Å². The predicted molar refractivity (Wildman–Crippen MR) is 103 cm³/mol. The molecular weight excluding hydrogens is 384 g/mol. The first kappa shape index (κ1) is 25.4. The number of ketones is 1. The maximum atomic E-state index is 12.5. The van der Waals surface area contributed by atoms with E-state index < -0.39 is 54.3 Å². The molecule has 3 atom stereocenters. The maximum absolute atomic E-state index is 12.5. The van der Waals surface area contributed by atoms with Crippen LogP contribution in [0.5, 0.6) is 0 Å². The summed E-state index contributed by atoms with van der Waals surface area (Å²) >= 11 is 0. The second-order valence-electron chi connectivity index (χ2n) is 7.24. The van der Waals surface area contributed by atoms with Crippen molar-refractivity contribution >= 4 is 11.8 Å². The Kier molecular flexibility index (Phi) is 11.2. The number of hydrogen-bond acceptors (Lipinski definition) is 9. The molecule has 0 bridgehead atoms. The summed E-state index contributed by atoms with van der Waals surface area (Å²) in [4.78, 5) is 24.3. The quantitative estimate of drug-likeness (QED) is 0.181. The van der Waals surface area contributed by atoms with E-state index in [1.807, 2.05) is 0 Å². The van der Waals surface area contributed by atoms with Gasteiger partial charge in [-0.15, -0.1) is 0 Å². The lowest BCUT2D eigenvalue weighted by molar-refractivity contribution is -0.179. The lowest BCUT2D eigenvalue weighted by Gasteiger charge is -2.33. The summed E-state index contributed by atoms with van der Waals surface area (Å²) in [5, 5.41) is 48.1. The van der Waals surface area contributed by atoms with Gasteiger partial charge in [0.05, 0.1) is 19.8 Å². The van der Waals surface area contributed by atoms with Gasteiger partial charge in [0, 0.05) is 0 Å². The van der Waals surface area contributed by atoms with Crippen molar-refractivity contribution in [2.24, 2.45) is 0 Å². The van der Waals surface area contributed by atoms with Crippen LogP contribution in [0.25, 0.3) is 0 Å². The monoisotopic (exact) mass is 418 g/mol. The molecule has 1 unspecified atom stereocenters. The van der Waals surface area contributed by atoms with E-state index in [4.69, 9.17) is 14.6 Å². The average Bonchev–Trinajstić information content (AvgIpc) is 2.98. The summed E-state index contributed by atoms with van der Waals surface area (Å²) in [7, 11) is 0. The Bertz CT molecular complexity index is 560. The topological polar surface area (TPSA) is 154 Å². The minimum Gasteiger partial charge on any atom is -0.499 e. The summed E-state index contributed by atoms with van der Waals surface area (Å²) < 4.78 is 10.2. The third-order valence-electron chi connectivity index (χ3n) is 4.98. The highest BCUT2D eigenvalue weighted by Gasteiger charge is 2.61. The van der Waals surface area contributed by atoms with Gasteiger partial charge >= 0.3 is 5.97 Å². The zero-order valence-corrected chi connectivity index (χ0v) is 17.0. The van der Waals surface area contributed by atoms with Gasteiger partial charge in [0.15, 0.2) is 0 Å². The number of rotatable bonds is 16. The number of hydrogen-bond donors (Lipinski definition) is 5. The number of carbonyl (C=O) groups excluding carboxylic acids is 2. The largest absolute Gasteiger partial charge is 0.499 e. The Morgan fingerprint density at radius 2 is 1.55 bits per heavy atom. The number of cyclic esters (lactones) is 1. The van der Waals surface area contributed by atoms with Crippen LogP contribution >= 0.6 is 0 Å². The molecule has 1 aliphatic heterocycles. The first-order valence-electron chi connectivity index (χ1n) is 10.3. The van der Waals surface area contributed by atoms with Crippen molar-refractivity contribution in [2.45, 2.75) is 82.5 Å². The Labute approximate surface area is 170 Å². The molecule has 0 aromatic rings. The SMILES string of the molecule is CCCCCCCCCCCOC1=C(O)C(=O)O[C@]1(C(=O)C(O)CO)[C@@H](O)CO. The number of Topliss-reactive ketones (excluding diaryl/α,β-unsaturated/α-hetero) is 1. The molecule has 9 heteroatoms. The first-order valence-corrected chi connectivity index (χ1v) is 10.3. The standard InChI is InChI=1S/C20H34O9/c1-2-3-4-5-6-7-8-9-10-11-28-18-16(25)19(27)29-20(18,15(24)13-22)17(26)14(23)12-21/h14-15,21-25H,2-13H2,1H3/t14?,15-,20-/m0/s1. The van der Waals surface area contributed by atoms with E-state index in [0.717, 1.165) is 25.7 Å². The first-order chi connectivity index (χ1) is 13.9. The zero-order chi connectivity index (χ0) is 21.9. The maximum Gasteiger partial charge on any atom is 0.378 e. The third kappa shape index (κ3) is 6.40. The fraction of sp³-hybridized carbons (Fsp3) is 0.800. The second-order valence-corrected chi connectivity index (χ2v) is 7.24. The molecule has 1 heterocycles. The molecule has 0 saturated carbocycles. The normalized spacial score (nSPS) is 21.2. The van der Waals surface area contributed by atoms with Crippen molar-refractivity contribution in [3.8, 4) is 0 Å². The summed E-state index contributed by atoms with van der Waals surface area (Å²) in [6.45, 7) is 0.203. The fourth-order valence-electron chi connectivity index (χ4n) is 3.28. The summed E-state index contributed by atoms with van der Waals surface area (Å²) in [5.41, 5.74) is -2.60. The van der Waals surface area contributed by atoms with Crippen LogP contribution in [0.4, 0.5) is 0 Å². The van der Waals surface area contributed by atoms with Crippen molar-refractivity contribution in [1.29, 1.82) is 0 Å². The Morgan fingerprint density at radius 3 is 2.07 bits per heavy atom. The Balaban J connectivity index is 2.66. The van der Waals surface area contributed by atoms with Crippen molar-refractivity contribution in [3.05, 3.63) is 11.5 Å². The number of ether oxygens (including phenoxy) is 2. The molecular formula is C20H34O9. The molecule has 0 saturated heterocycles. The molecule has 0 aliphatic carbocycles. The van der Waals surface area contributed by atoms with Crippen LogP contribution < -0.4 is 0 Å². The van der Waals surface area contributed by atoms with Gasteiger partial charge in [-0.2, -0.15) is 0 Å². The van der Waals surface area contributed by atoms with E-state index in [1.165, 1.54) is 25.7 Å².